The van der Waals surface area contributed by atoms with Gasteiger partial charge in [-0.15, -0.1) is 15.3 Å². The Hall–Kier alpha value is -3.42. The lowest BCUT2D eigenvalue weighted by Crippen LogP contribution is -2.52. The highest BCUT2D eigenvalue weighted by Crippen LogP contribution is 2.23. The van der Waals surface area contributed by atoms with E-state index in [2.05, 4.69) is 30.5 Å². The van der Waals surface area contributed by atoms with Gasteiger partial charge >= 0.3 is 0 Å². The van der Waals surface area contributed by atoms with Crippen molar-refractivity contribution in [1.82, 2.24) is 30.1 Å². The second-order valence-corrected chi connectivity index (χ2v) is 6.94. The lowest BCUT2D eigenvalue weighted by Gasteiger charge is -2.40. The van der Waals surface area contributed by atoms with E-state index in [1.165, 1.54) is 0 Å². The third-order valence-corrected chi connectivity index (χ3v) is 5.07. The Balaban J connectivity index is 1.20. The van der Waals surface area contributed by atoms with Crippen LogP contribution in [0.3, 0.4) is 0 Å². The highest BCUT2D eigenvalue weighted by molar-refractivity contribution is 6.06. The quantitative estimate of drug-likeness (QED) is 0.578. The number of amides is 1. The van der Waals surface area contributed by atoms with Crippen molar-refractivity contribution in [2.24, 2.45) is 5.92 Å². The first-order valence-electron chi connectivity index (χ1n) is 8.97. The number of hydrogen-bond donors (Lipinski definition) is 2. The van der Waals surface area contributed by atoms with Gasteiger partial charge in [0.15, 0.2) is 11.5 Å². The van der Waals surface area contributed by atoms with Gasteiger partial charge in [-0.2, -0.15) is 4.52 Å². The van der Waals surface area contributed by atoms with Crippen LogP contribution in [0.25, 0.3) is 16.6 Å². The van der Waals surface area contributed by atoms with Crippen LogP contribution in [0, 0.1) is 12.8 Å². The van der Waals surface area contributed by atoms with Crippen molar-refractivity contribution in [3.05, 3.63) is 54.0 Å². The van der Waals surface area contributed by atoms with Crippen LogP contribution in [0.1, 0.15) is 16.2 Å². The van der Waals surface area contributed by atoms with Gasteiger partial charge in [0, 0.05) is 42.7 Å². The number of anilines is 1. The molecule has 0 unspecified atom stereocenters. The molecule has 1 aliphatic rings. The third-order valence-electron chi connectivity index (χ3n) is 5.07. The van der Waals surface area contributed by atoms with Gasteiger partial charge < -0.3 is 15.2 Å². The number of carbonyl (C=O) groups is 1. The van der Waals surface area contributed by atoms with Gasteiger partial charge in [0.05, 0.1) is 5.56 Å². The summed E-state index contributed by atoms with van der Waals surface area (Å²) < 4.78 is 1.75. The molecular formula is C19H19N7O. The average molecular weight is 361 g/mol. The molecule has 1 saturated heterocycles. The fourth-order valence-corrected chi connectivity index (χ4v) is 3.53. The van der Waals surface area contributed by atoms with Crippen molar-refractivity contribution in [3.63, 3.8) is 0 Å². The first-order chi connectivity index (χ1) is 13.2. The van der Waals surface area contributed by atoms with Gasteiger partial charge in [-0.1, -0.05) is 18.2 Å². The normalized spacial score (nSPS) is 14.6. The van der Waals surface area contributed by atoms with Gasteiger partial charge in [0.2, 0.25) is 0 Å². The summed E-state index contributed by atoms with van der Waals surface area (Å²) in [4.78, 5) is 17.8. The van der Waals surface area contributed by atoms with E-state index >= 15 is 0 Å². The Bertz CT molecular complexity index is 1140. The van der Waals surface area contributed by atoms with Gasteiger partial charge in [-0.25, -0.2) is 0 Å². The molecule has 4 heterocycles. The number of aryl methyl sites for hydroxylation is 1. The SMILES string of the molecule is Cc1nnc2ccc(N3CC(CNC(=O)c4c[nH]c5ccccc45)C3)nn12. The minimum Gasteiger partial charge on any atom is -0.360 e. The number of fused-ring (bicyclic) bond motifs is 2. The van der Waals surface area contributed by atoms with Crippen molar-refractivity contribution < 1.29 is 4.79 Å². The number of H-pyrrole nitrogens is 1. The number of carbonyl (C=O) groups excluding carboxylic acids is 1. The van der Waals surface area contributed by atoms with Crippen molar-refractivity contribution >= 4 is 28.3 Å². The van der Waals surface area contributed by atoms with Crippen LogP contribution >= 0.6 is 0 Å². The minimum atomic E-state index is -0.0365. The van der Waals surface area contributed by atoms with Crippen molar-refractivity contribution in [3.8, 4) is 0 Å². The molecule has 1 fully saturated rings. The zero-order chi connectivity index (χ0) is 18.4. The number of benzene rings is 1. The van der Waals surface area contributed by atoms with Crippen LogP contribution < -0.4 is 10.2 Å². The summed E-state index contributed by atoms with van der Waals surface area (Å²) in [5, 5.41) is 16.7. The van der Waals surface area contributed by atoms with E-state index in [0.717, 1.165) is 41.3 Å². The molecule has 2 N–H and O–H groups in total. The Labute approximate surface area is 155 Å². The van der Waals surface area contributed by atoms with E-state index in [4.69, 9.17) is 0 Å². The molecule has 4 aromatic rings. The molecule has 8 heteroatoms. The number of rotatable bonds is 4. The third kappa shape index (κ3) is 2.69. The number of nitrogens with zero attached hydrogens (tertiary/aromatic N) is 5. The van der Waals surface area contributed by atoms with E-state index in [-0.39, 0.29) is 5.91 Å². The number of aromatic amines is 1. The van der Waals surface area contributed by atoms with Crippen LogP contribution in [-0.2, 0) is 0 Å². The van der Waals surface area contributed by atoms with Gasteiger partial charge in [0.25, 0.3) is 5.91 Å². The maximum absolute atomic E-state index is 12.5. The largest absolute Gasteiger partial charge is 0.360 e. The first kappa shape index (κ1) is 15.8. The second kappa shape index (κ2) is 6.08. The maximum Gasteiger partial charge on any atom is 0.253 e. The van der Waals surface area contributed by atoms with E-state index in [9.17, 15) is 4.79 Å². The van der Waals surface area contributed by atoms with Crippen LogP contribution in [-0.4, -0.2) is 50.3 Å². The van der Waals surface area contributed by atoms with Crippen LogP contribution in [0.15, 0.2) is 42.6 Å². The van der Waals surface area contributed by atoms with Crippen molar-refractivity contribution in [1.29, 1.82) is 0 Å². The molecule has 5 rings (SSSR count). The molecule has 1 aromatic carbocycles. The predicted molar refractivity (Wildman–Crippen MR) is 102 cm³/mol. The number of aromatic nitrogens is 5. The molecule has 1 amide bonds. The Kier molecular flexibility index (Phi) is 3.56. The Morgan fingerprint density at radius 1 is 1.22 bits per heavy atom. The molecule has 136 valence electrons. The van der Waals surface area contributed by atoms with Crippen molar-refractivity contribution in [2.75, 3.05) is 24.5 Å². The Morgan fingerprint density at radius 3 is 2.96 bits per heavy atom. The molecule has 1 aliphatic heterocycles. The van der Waals surface area contributed by atoms with E-state index < -0.39 is 0 Å². The fourth-order valence-electron chi connectivity index (χ4n) is 3.53. The molecule has 0 radical (unpaired) electrons. The monoisotopic (exact) mass is 361 g/mol. The van der Waals surface area contributed by atoms with E-state index in [1.54, 1.807) is 10.7 Å². The fraction of sp³-hybridized carbons (Fsp3) is 0.263. The number of hydrogen-bond acceptors (Lipinski definition) is 5. The molecular weight excluding hydrogens is 342 g/mol. The summed E-state index contributed by atoms with van der Waals surface area (Å²) in [6.07, 6.45) is 1.77. The molecule has 8 nitrogen and oxygen atoms in total. The van der Waals surface area contributed by atoms with Crippen molar-refractivity contribution in [2.45, 2.75) is 6.92 Å². The van der Waals surface area contributed by atoms with E-state index in [0.29, 0.717) is 18.0 Å². The molecule has 0 spiro atoms. The molecule has 27 heavy (non-hydrogen) atoms. The highest BCUT2D eigenvalue weighted by atomic mass is 16.1. The van der Waals surface area contributed by atoms with Gasteiger partial charge in [0.1, 0.15) is 5.82 Å². The summed E-state index contributed by atoms with van der Waals surface area (Å²) in [5.41, 5.74) is 2.42. The highest BCUT2D eigenvalue weighted by Gasteiger charge is 2.28. The summed E-state index contributed by atoms with van der Waals surface area (Å²) >= 11 is 0. The topological polar surface area (TPSA) is 91.2 Å². The molecule has 0 saturated carbocycles. The minimum absolute atomic E-state index is 0.0365. The molecule has 0 bridgehead atoms. The predicted octanol–water partition coefficient (Wildman–Crippen LogP) is 1.78. The second-order valence-electron chi connectivity index (χ2n) is 6.94. The van der Waals surface area contributed by atoms with Gasteiger partial charge in [-0.05, 0) is 25.1 Å². The van der Waals surface area contributed by atoms with Crippen LogP contribution in [0.5, 0.6) is 0 Å². The summed E-state index contributed by atoms with van der Waals surface area (Å²) in [6, 6.07) is 11.7. The first-order valence-corrected chi connectivity index (χ1v) is 8.97. The number of nitrogens with one attached hydrogen (secondary N) is 2. The smallest absolute Gasteiger partial charge is 0.253 e. The van der Waals surface area contributed by atoms with Crippen LogP contribution in [0.2, 0.25) is 0 Å². The molecule has 0 atom stereocenters. The summed E-state index contributed by atoms with van der Waals surface area (Å²) in [6.45, 7) is 4.28. The lowest BCUT2D eigenvalue weighted by molar-refractivity contribution is 0.0946. The summed E-state index contributed by atoms with van der Waals surface area (Å²) in [7, 11) is 0. The molecule has 3 aromatic heterocycles. The molecule has 0 aliphatic carbocycles. The van der Waals surface area contributed by atoms with E-state index in [1.807, 2.05) is 43.3 Å². The maximum atomic E-state index is 12.5. The van der Waals surface area contributed by atoms with Crippen LogP contribution in [0.4, 0.5) is 5.82 Å². The Morgan fingerprint density at radius 2 is 2.07 bits per heavy atom. The lowest BCUT2D eigenvalue weighted by atomic mass is 10.00. The average Bonchev–Trinajstić information content (AvgIpc) is 3.24. The summed E-state index contributed by atoms with van der Waals surface area (Å²) in [5.74, 6) is 2.06. The zero-order valence-corrected chi connectivity index (χ0v) is 14.9. The zero-order valence-electron chi connectivity index (χ0n) is 14.9. The number of para-hydroxylation sites is 1. The van der Waals surface area contributed by atoms with Gasteiger partial charge in [-0.3, -0.25) is 4.79 Å². The standard InChI is InChI=1S/C19H19N7O/c1-12-22-23-17-6-7-18(24-26(12)17)25-10-13(11-25)8-21-19(27)15-9-20-16-5-3-2-4-14(15)16/h2-7,9,13,20H,8,10-11H2,1H3,(H,21,27).